The fraction of sp³-hybridized carbons (Fsp3) is 0.786. The van der Waals surface area contributed by atoms with Crippen LogP contribution in [-0.2, 0) is 19.5 Å². The van der Waals surface area contributed by atoms with Crippen molar-refractivity contribution in [3.05, 3.63) is 16.4 Å². The van der Waals surface area contributed by atoms with Gasteiger partial charge in [0, 0.05) is 19.1 Å². The van der Waals surface area contributed by atoms with Crippen molar-refractivity contribution in [1.29, 1.82) is 0 Å². The van der Waals surface area contributed by atoms with Gasteiger partial charge in [0.05, 0.1) is 16.4 Å². The van der Waals surface area contributed by atoms with E-state index in [0.29, 0.717) is 6.04 Å². The lowest BCUT2D eigenvalue weighted by Crippen LogP contribution is -2.31. The molecule has 18 heavy (non-hydrogen) atoms. The summed E-state index contributed by atoms with van der Waals surface area (Å²) < 4.78 is 2.04. The second-order valence-electron chi connectivity index (χ2n) is 5.09. The summed E-state index contributed by atoms with van der Waals surface area (Å²) in [6.45, 7) is 5.96. The molecule has 0 saturated heterocycles. The molecule has 0 atom stereocenters. The van der Waals surface area contributed by atoms with Crippen LogP contribution in [0.4, 0.5) is 0 Å². The molecule has 0 unspecified atom stereocenters. The summed E-state index contributed by atoms with van der Waals surface area (Å²) in [5, 5.41) is 9.06. The van der Waals surface area contributed by atoms with Gasteiger partial charge in [-0.3, -0.25) is 4.68 Å². The molecule has 2 rings (SSSR count). The molecule has 0 radical (unpaired) electrons. The summed E-state index contributed by atoms with van der Waals surface area (Å²) in [5.41, 5.74) is 2.18. The van der Waals surface area contributed by atoms with Crippen molar-refractivity contribution in [3.63, 3.8) is 0 Å². The third-order valence-corrected chi connectivity index (χ3v) is 4.29. The second kappa shape index (κ2) is 6.58. The molecule has 1 heterocycles. The molecule has 0 bridgehead atoms. The number of aryl methyl sites for hydroxylation is 2. The maximum atomic E-state index is 6.40. The molecule has 4 heteroatoms. The minimum absolute atomic E-state index is 0.667. The number of hydrogen-bond donors (Lipinski definition) is 1. The van der Waals surface area contributed by atoms with Crippen molar-refractivity contribution < 1.29 is 0 Å². The number of rotatable bonds is 5. The van der Waals surface area contributed by atoms with Gasteiger partial charge in [-0.05, 0) is 26.2 Å². The fourth-order valence-electron chi connectivity index (χ4n) is 2.73. The lowest BCUT2D eigenvalue weighted by atomic mass is 9.95. The number of halogens is 1. The Kier molecular flexibility index (Phi) is 5.07. The maximum absolute atomic E-state index is 6.40. The lowest BCUT2D eigenvalue weighted by molar-refractivity contribution is 0.367. The van der Waals surface area contributed by atoms with Gasteiger partial charge in [0.15, 0.2) is 0 Å². The van der Waals surface area contributed by atoms with E-state index < -0.39 is 0 Å². The highest BCUT2D eigenvalue weighted by atomic mass is 35.5. The highest BCUT2D eigenvalue weighted by molar-refractivity contribution is 6.31. The fourth-order valence-corrected chi connectivity index (χ4v) is 3.07. The van der Waals surface area contributed by atoms with Gasteiger partial charge < -0.3 is 5.32 Å². The van der Waals surface area contributed by atoms with E-state index >= 15 is 0 Å². The van der Waals surface area contributed by atoms with Crippen molar-refractivity contribution in [2.45, 2.75) is 71.5 Å². The molecular weight excluding hydrogens is 246 g/mol. The average Bonchev–Trinajstić information content (AvgIpc) is 2.73. The molecule has 0 aliphatic heterocycles. The number of nitrogens with zero attached hydrogens (tertiary/aromatic N) is 2. The Morgan fingerprint density at radius 3 is 2.61 bits per heavy atom. The van der Waals surface area contributed by atoms with Crippen molar-refractivity contribution in [2.75, 3.05) is 0 Å². The van der Waals surface area contributed by atoms with Gasteiger partial charge in [0.1, 0.15) is 0 Å². The standard InChI is InChI=1S/C14H24ClN3/c1-3-12-14(15)13(18(4-2)17-12)10-16-11-8-6-5-7-9-11/h11,16H,3-10H2,1-2H3. The van der Waals surface area contributed by atoms with Gasteiger partial charge >= 0.3 is 0 Å². The van der Waals surface area contributed by atoms with Gasteiger partial charge in [0.25, 0.3) is 0 Å². The van der Waals surface area contributed by atoms with Crippen LogP contribution < -0.4 is 5.32 Å². The quantitative estimate of drug-likeness (QED) is 0.886. The molecule has 1 aromatic rings. The van der Waals surface area contributed by atoms with Crippen LogP contribution in [0.25, 0.3) is 0 Å². The summed E-state index contributed by atoms with van der Waals surface area (Å²) in [6, 6.07) is 0.667. The van der Waals surface area contributed by atoms with Crippen molar-refractivity contribution in [2.24, 2.45) is 0 Å². The zero-order valence-corrected chi connectivity index (χ0v) is 12.3. The molecule has 1 aliphatic carbocycles. The van der Waals surface area contributed by atoms with E-state index in [0.717, 1.165) is 35.9 Å². The van der Waals surface area contributed by atoms with Crippen molar-refractivity contribution >= 4 is 11.6 Å². The molecule has 1 saturated carbocycles. The Hall–Kier alpha value is -0.540. The Morgan fingerprint density at radius 1 is 1.28 bits per heavy atom. The molecule has 3 nitrogen and oxygen atoms in total. The van der Waals surface area contributed by atoms with Crippen LogP contribution in [0.15, 0.2) is 0 Å². The predicted molar refractivity (Wildman–Crippen MR) is 76.0 cm³/mol. The second-order valence-corrected chi connectivity index (χ2v) is 5.47. The minimum atomic E-state index is 0.667. The van der Waals surface area contributed by atoms with E-state index in [4.69, 9.17) is 11.6 Å². The monoisotopic (exact) mass is 269 g/mol. The van der Waals surface area contributed by atoms with Gasteiger partial charge in [0.2, 0.25) is 0 Å². The molecule has 1 aliphatic rings. The van der Waals surface area contributed by atoms with Crippen LogP contribution >= 0.6 is 11.6 Å². The average molecular weight is 270 g/mol. The first kappa shape index (κ1) is 13.9. The molecule has 0 spiro atoms. The molecular formula is C14H24ClN3. The molecule has 0 amide bonds. The van der Waals surface area contributed by atoms with Gasteiger partial charge in [-0.1, -0.05) is 37.8 Å². The maximum Gasteiger partial charge on any atom is 0.0863 e. The van der Waals surface area contributed by atoms with Crippen LogP contribution in [0.5, 0.6) is 0 Å². The van der Waals surface area contributed by atoms with E-state index in [1.165, 1.54) is 32.1 Å². The van der Waals surface area contributed by atoms with Crippen LogP contribution in [0, 0.1) is 0 Å². The van der Waals surface area contributed by atoms with Crippen LogP contribution in [-0.4, -0.2) is 15.8 Å². The van der Waals surface area contributed by atoms with Crippen LogP contribution in [0.2, 0.25) is 5.02 Å². The predicted octanol–water partition coefficient (Wildman–Crippen LogP) is 3.54. The summed E-state index contributed by atoms with van der Waals surface area (Å²) >= 11 is 6.40. The number of hydrogen-bond acceptors (Lipinski definition) is 2. The normalized spacial score (nSPS) is 17.3. The zero-order valence-electron chi connectivity index (χ0n) is 11.5. The third-order valence-electron chi connectivity index (χ3n) is 3.86. The van der Waals surface area contributed by atoms with Crippen LogP contribution in [0.3, 0.4) is 0 Å². The minimum Gasteiger partial charge on any atom is -0.308 e. The summed E-state index contributed by atoms with van der Waals surface area (Å²) in [6.07, 6.45) is 7.63. The highest BCUT2D eigenvalue weighted by Gasteiger charge is 2.17. The van der Waals surface area contributed by atoms with E-state index in [-0.39, 0.29) is 0 Å². The lowest BCUT2D eigenvalue weighted by Gasteiger charge is -2.23. The molecule has 1 aromatic heterocycles. The van der Waals surface area contributed by atoms with E-state index in [9.17, 15) is 0 Å². The Morgan fingerprint density at radius 2 is 2.00 bits per heavy atom. The zero-order chi connectivity index (χ0) is 13.0. The molecule has 1 N–H and O–H groups in total. The number of aromatic nitrogens is 2. The molecule has 102 valence electrons. The summed E-state index contributed by atoms with van der Waals surface area (Å²) in [5.74, 6) is 0. The van der Waals surface area contributed by atoms with E-state index in [2.05, 4.69) is 24.3 Å². The van der Waals surface area contributed by atoms with Gasteiger partial charge in [-0.2, -0.15) is 5.10 Å². The summed E-state index contributed by atoms with van der Waals surface area (Å²) in [4.78, 5) is 0. The van der Waals surface area contributed by atoms with Crippen molar-refractivity contribution in [3.8, 4) is 0 Å². The SMILES string of the molecule is CCc1nn(CC)c(CNC2CCCCC2)c1Cl. The first-order valence-corrected chi connectivity index (χ1v) is 7.61. The number of nitrogens with one attached hydrogen (secondary N) is 1. The van der Waals surface area contributed by atoms with Gasteiger partial charge in [-0.15, -0.1) is 0 Å². The van der Waals surface area contributed by atoms with E-state index in [1.807, 2.05) is 4.68 Å². The Bertz CT molecular complexity index is 381. The summed E-state index contributed by atoms with van der Waals surface area (Å²) in [7, 11) is 0. The first-order chi connectivity index (χ1) is 8.76. The van der Waals surface area contributed by atoms with Crippen LogP contribution in [0.1, 0.15) is 57.3 Å². The Balaban J connectivity index is 2.01. The third kappa shape index (κ3) is 3.07. The highest BCUT2D eigenvalue weighted by Crippen LogP contribution is 2.23. The molecule has 1 fully saturated rings. The Labute approximate surface area is 115 Å². The smallest absolute Gasteiger partial charge is 0.0863 e. The van der Waals surface area contributed by atoms with Gasteiger partial charge in [-0.25, -0.2) is 0 Å². The molecule has 0 aromatic carbocycles. The van der Waals surface area contributed by atoms with Crippen molar-refractivity contribution in [1.82, 2.24) is 15.1 Å². The van der Waals surface area contributed by atoms with E-state index in [1.54, 1.807) is 0 Å². The largest absolute Gasteiger partial charge is 0.308 e. The topological polar surface area (TPSA) is 29.9 Å². The first-order valence-electron chi connectivity index (χ1n) is 7.23.